The van der Waals surface area contributed by atoms with Crippen molar-refractivity contribution in [2.45, 2.75) is 19.5 Å². The second kappa shape index (κ2) is 6.95. The lowest BCUT2D eigenvalue weighted by atomic mass is 10.2. The van der Waals surface area contributed by atoms with Crippen molar-refractivity contribution in [3.63, 3.8) is 0 Å². The Morgan fingerprint density at radius 1 is 1.24 bits per heavy atom. The Morgan fingerprint density at radius 2 is 2.00 bits per heavy atom. The molecule has 0 spiro atoms. The number of carboxylic acids is 1. The molecule has 1 atom stereocenters. The van der Waals surface area contributed by atoms with Gasteiger partial charge in [-0.15, -0.1) is 5.10 Å². The van der Waals surface area contributed by atoms with E-state index in [2.05, 4.69) is 20.5 Å². The Kier molecular flexibility index (Phi) is 4.55. The summed E-state index contributed by atoms with van der Waals surface area (Å²) < 4.78 is 2.74. The molecular formula is C16H16N6O3. The first-order valence-corrected chi connectivity index (χ1v) is 7.55. The number of nitrogens with one attached hydrogen (secondary N) is 1. The van der Waals surface area contributed by atoms with Crippen LogP contribution in [0.4, 0.5) is 5.95 Å². The smallest absolute Gasteiger partial charge is 0.328 e. The van der Waals surface area contributed by atoms with E-state index in [-0.39, 0.29) is 11.6 Å². The molecule has 9 heteroatoms. The van der Waals surface area contributed by atoms with Gasteiger partial charge < -0.3 is 5.11 Å². The Morgan fingerprint density at radius 3 is 2.72 bits per heavy atom. The van der Waals surface area contributed by atoms with Crippen molar-refractivity contribution in [2.24, 2.45) is 0 Å². The van der Waals surface area contributed by atoms with Crippen LogP contribution in [-0.4, -0.2) is 41.5 Å². The van der Waals surface area contributed by atoms with Crippen LogP contribution in [0.3, 0.4) is 0 Å². The molecule has 0 saturated heterocycles. The van der Waals surface area contributed by atoms with Crippen LogP contribution >= 0.6 is 0 Å². The second-order valence-electron chi connectivity index (χ2n) is 5.38. The molecule has 0 radical (unpaired) electrons. The highest BCUT2D eigenvalue weighted by Gasteiger charge is 2.21. The van der Waals surface area contributed by atoms with E-state index in [1.807, 2.05) is 30.3 Å². The van der Waals surface area contributed by atoms with Crippen molar-refractivity contribution in [3.8, 4) is 0 Å². The lowest BCUT2D eigenvalue weighted by molar-refractivity contribution is -0.140. The van der Waals surface area contributed by atoms with E-state index in [4.69, 9.17) is 5.11 Å². The van der Waals surface area contributed by atoms with Gasteiger partial charge in [-0.3, -0.25) is 10.1 Å². The fourth-order valence-corrected chi connectivity index (χ4v) is 2.27. The highest BCUT2D eigenvalue weighted by molar-refractivity contribution is 6.02. The molecule has 0 bridgehead atoms. The first kappa shape index (κ1) is 16.4. The maximum absolute atomic E-state index is 12.3. The van der Waals surface area contributed by atoms with Gasteiger partial charge in [-0.2, -0.15) is 5.10 Å². The maximum Gasteiger partial charge on any atom is 0.328 e. The van der Waals surface area contributed by atoms with Gasteiger partial charge in [0.2, 0.25) is 5.95 Å². The van der Waals surface area contributed by atoms with Crippen LogP contribution in [0, 0.1) is 0 Å². The fraction of sp³-hybridized carbons (Fsp3) is 0.188. The van der Waals surface area contributed by atoms with E-state index in [0.29, 0.717) is 6.54 Å². The van der Waals surface area contributed by atoms with Crippen LogP contribution in [0.5, 0.6) is 0 Å². The molecule has 3 aromatic rings. The molecule has 25 heavy (non-hydrogen) atoms. The molecule has 0 fully saturated rings. The van der Waals surface area contributed by atoms with Gasteiger partial charge in [0.05, 0.1) is 6.54 Å². The summed E-state index contributed by atoms with van der Waals surface area (Å²) in [7, 11) is 0. The minimum Gasteiger partial charge on any atom is -0.480 e. The third-order valence-corrected chi connectivity index (χ3v) is 3.58. The SMILES string of the molecule is CC(C(=O)O)n1nccc1C(=O)Nc1ncn(Cc2ccccc2)n1. The number of carbonyl (C=O) groups is 2. The summed E-state index contributed by atoms with van der Waals surface area (Å²) in [6.07, 6.45) is 2.88. The first-order chi connectivity index (χ1) is 12.0. The minimum absolute atomic E-state index is 0.120. The summed E-state index contributed by atoms with van der Waals surface area (Å²) in [6.45, 7) is 1.97. The number of aromatic nitrogens is 5. The van der Waals surface area contributed by atoms with E-state index in [9.17, 15) is 9.59 Å². The molecule has 1 aromatic carbocycles. The Labute approximate surface area is 142 Å². The van der Waals surface area contributed by atoms with Gasteiger partial charge in [-0.25, -0.2) is 19.1 Å². The highest BCUT2D eigenvalue weighted by Crippen LogP contribution is 2.11. The average Bonchev–Trinajstić information content (AvgIpc) is 3.24. The molecule has 0 aliphatic heterocycles. The average molecular weight is 340 g/mol. The number of aliphatic carboxylic acids is 1. The topological polar surface area (TPSA) is 115 Å². The summed E-state index contributed by atoms with van der Waals surface area (Å²) in [5.41, 5.74) is 1.17. The second-order valence-corrected chi connectivity index (χ2v) is 5.38. The summed E-state index contributed by atoms with van der Waals surface area (Å²) >= 11 is 0. The van der Waals surface area contributed by atoms with Gasteiger partial charge in [0.1, 0.15) is 18.1 Å². The number of hydrogen-bond donors (Lipinski definition) is 2. The number of carboxylic acid groups (broad SMARTS) is 1. The summed E-state index contributed by atoms with van der Waals surface area (Å²) in [6, 6.07) is 10.2. The highest BCUT2D eigenvalue weighted by atomic mass is 16.4. The third kappa shape index (κ3) is 3.71. The van der Waals surface area contributed by atoms with Crippen molar-refractivity contribution < 1.29 is 14.7 Å². The van der Waals surface area contributed by atoms with Gasteiger partial charge in [0.15, 0.2) is 0 Å². The molecule has 2 N–H and O–H groups in total. The van der Waals surface area contributed by atoms with Gasteiger partial charge in [-0.1, -0.05) is 30.3 Å². The number of rotatable bonds is 6. The first-order valence-electron chi connectivity index (χ1n) is 7.55. The normalized spacial score (nSPS) is 11.9. The Bertz CT molecular complexity index is 886. The van der Waals surface area contributed by atoms with E-state index >= 15 is 0 Å². The zero-order chi connectivity index (χ0) is 17.8. The molecular weight excluding hydrogens is 324 g/mol. The van der Waals surface area contributed by atoms with Crippen molar-refractivity contribution in [1.82, 2.24) is 24.5 Å². The molecule has 1 unspecified atom stereocenters. The van der Waals surface area contributed by atoms with Gasteiger partial charge in [0.25, 0.3) is 5.91 Å². The summed E-state index contributed by atoms with van der Waals surface area (Å²) in [4.78, 5) is 27.5. The van der Waals surface area contributed by atoms with Gasteiger partial charge in [0, 0.05) is 6.20 Å². The largest absolute Gasteiger partial charge is 0.480 e. The van der Waals surface area contributed by atoms with E-state index < -0.39 is 17.9 Å². The Hall–Kier alpha value is -3.49. The van der Waals surface area contributed by atoms with Crippen LogP contribution in [0.15, 0.2) is 48.9 Å². The van der Waals surface area contributed by atoms with Crippen molar-refractivity contribution >= 4 is 17.8 Å². The third-order valence-electron chi connectivity index (χ3n) is 3.58. The lowest BCUT2D eigenvalue weighted by Gasteiger charge is -2.10. The fourth-order valence-electron chi connectivity index (χ4n) is 2.27. The van der Waals surface area contributed by atoms with Crippen LogP contribution in [-0.2, 0) is 11.3 Å². The monoisotopic (exact) mass is 340 g/mol. The van der Waals surface area contributed by atoms with Crippen molar-refractivity contribution in [2.75, 3.05) is 5.32 Å². The molecule has 0 aliphatic rings. The Balaban J connectivity index is 1.70. The molecule has 2 aromatic heterocycles. The van der Waals surface area contributed by atoms with Crippen LogP contribution in [0.1, 0.15) is 29.0 Å². The molecule has 1 amide bonds. The van der Waals surface area contributed by atoms with Crippen molar-refractivity contribution in [1.29, 1.82) is 0 Å². The number of benzene rings is 1. The molecule has 128 valence electrons. The van der Waals surface area contributed by atoms with Crippen LogP contribution in [0.25, 0.3) is 0 Å². The van der Waals surface area contributed by atoms with Crippen LogP contribution < -0.4 is 5.32 Å². The summed E-state index contributed by atoms with van der Waals surface area (Å²) in [5.74, 6) is -1.47. The van der Waals surface area contributed by atoms with Gasteiger partial charge >= 0.3 is 5.97 Å². The minimum atomic E-state index is -1.08. The van der Waals surface area contributed by atoms with Gasteiger partial charge in [-0.05, 0) is 18.6 Å². The number of amides is 1. The van der Waals surface area contributed by atoms with E-state index in [1.165, 1.54) is 25.5 Å². The molecule has 2 heterocycles. The predicted octanol–water partition coefficient (Wildman–Crippen LogP) is 1.42. The summed E-state index contributed by atoms with van der Waals surface area (Å²) in [5, 5.41) is 19.7. The zero-order valence-corrected chi connectivity index (χ0v) is 13.4. The molecule has 0 aliphatic carbocycles. The quantitative estimate of drug-likeness (QED) is 0.701. The number of carbonyl (C=O) groups excluding carboxylic acids is 1. The maximum atomic E-state index is 12.3. The number of hydrogen-bond acceptors (Lipinski definition) is 5. The van der Waals surface area contributed by atoms with E-state index in [1.54, 1.807) is 4.68 Å². The molecule has 9 nitrogen and oxygen atoms in total. The number of nitrogens with zero attached hydrogens (tertiary/aromatic N) is 5. The standard InChI is InChI=1S/C16H16N6O3/c1-11(15(24)25)22-13(7-8-18-22)14(23)19-16-17-10-21(20-16)9-12-5-3-2-4-6-12/h2-8,10-11H,9H2,1H3,(H,24,25)(H,19,20,23). The van der Waals surface area contributed by atoms with E-state index in [0.717, 1.165) is 10.2 Å². The molecule has 0 saturated carbocycles. The van der Waals surface area contributed by atoms with Crippen molar-refractivity contribution in [3.05, 3.63) is 60.2 Å². The van der Waals surface area contributed by atoms with Crippen LogP contribution in [0.2, 0.25) is 0 Å². The molecule has 3 rings (SSSR count). The zero-order valence-electron chi connectivity index (χ0n) is 13.4. The number of anilines is 1. The lowest BCUT2D eigenvalue weighted by Crippen LogP contribution is -2.24. The predicted molar refractivity (Wildman–Crippen MR) is 88.1 cm³/mol.